The molecule has 45 heavy (non-hydrogen) atoms. The molecule has 3 nitrogen and oxygen atoms in total. The molecule has 3 heterocycles. The summed E-state index contributed by atoms with van der Waals surface area (Å²) >= 11 is 0. The van der Waals surface area contributed by atoms with Crippen LogP contribution in [0.15, 0.2) is 163 Å². The molecule has 0 spiro atoms. The zero-order chi connectivity index (χ0) is 29.7. The fourth-order valence-electron chi connectivity index (χ4n) is 7.10. The van der Waals surface area contributed by atoms with Crippen molar-refractivity contribution in [2.24, 2.45) is 0 Å². The van der Waals surface area contributed by atoms with E-state index in [-0.39, 0.29) is 0 Å². The first kappa shape index (κ1) is 25.7. The van der Waals surface area contributed by atoms with E-state index in [4.69, 9.17) is 0 Å². The molecule has 0 atom stereocenters. The number of para-hydroxylation sites is 1. The molecule has 0 amide bonds. The summed E-state index contributed by atoms with van der Waals surface area (Å²) in [5.74, 6) is 0. The fraction of sp³-hybridized carbons (Fsp3) is 0.0476. The number of dihydropyridines is 2. The van der Waals surface area contributed by atoms with Crippen LogP contribution in [0.5, 0.6) is 0 Å². The van der Waals surface area contributed by atoms with Gasteiger partial charge < -0.3 is 15.2 Å². The smallest absolute Gasteiger partial charge is 0.0619 e. The normalized spacial score (nSPS) is 14.7. The van der Waals surface area contributed by atoms with Gasteiger partial charge in [0, 0.05) is 41.1 Å². The number of hydrogen-bond donors (Lipinski definition) is 2. The van der Waals surface area contributed by atoms with Crippen LogP contribution >= 0.6 is 0 Å². The van der Waals surface area contributed by atoms with E-state index in [2.05, 4.69) is 161 Å². The van der Waals surface area contributed by atoms with Crippen molar-refractivity contribution in [2.75, 3.05) is 13.1 Å². The molecule has 9 rings (SSSR count). The van der Waals surface area contributed by atoms with Crippen LogP contribution in [0.25, 0.3) is 65.7 Å². The number of aromatic nitrogens is 1. The second-order valence-corrected chi connectivity index (χ2v) is 11.9. The average Bonchev–Trinajstić information content (AvgIpc) is 3.46. The predicted molar refractivity (Wildman–Crippen MR) is 191 cm³/mol. The standard InChI is InChI=1S/C42H31N3/c1-2-9-35(10-3-1)45-41-25-30(34-24-33(26-44-27-34)28-19-21-43-22-20-28)13-17-39(41)40-18-15-32-23-31(14-16-38(32)42(40)45)37-12-6-8-29-7-4-5-11-36(29)37/h1-21,23-26,43-44H,22,27H2. The lowest BCUT2D eigenvalue weighted by atomic mass is 9.95. The summed E-state index contributed by atoms with van der Waals surface area (Å²) in [4.78, 5) is 0. The van der Waals surface area contributed by atoms with Gasteiger partial charge in [-0.05, 0) is 92.2 Å². The maximum absolute atomic E-state index is 3.52. The molecule has 7 aromatic rings. The van der Waals surface area contributed by atoms with E-state index in [1.807, 2.05) is 6.20 Å². The Hall–Kier alpha value is -5.80. The third-order valence-electron chi connectivity index (χ3n) is 9.26. The molecule has 0 unspecified atom stereocenters. The molecule has 6 aromatic carbocycles. The van der Waals surface area contributed by atoms with Gasteiger partial charge in [-0.3, -0.25) is 0 Å². The lowest BCUT2D eigenvalue weighted by molar-refractivity contribution is 0.947. The van der Waals surface area contributed by atoms with Crippen molar-refractivity contribution in [3.63, 3.8) is 0 Å². The molecule has 0 fully saturated rings. The Balaban J connectivity index is 1.25. The average molecular weight is 578 g/mol. The third kappa shape index (κ3) is 4.28. The van der Waals surface area contributed by atoms with E-state index >= 15 is 0 Å². The lowest BCUT2D eigenvalue weighted by Gasteiger charge is -2.18. The van der Waals surface area contributed by atoms with E-state index < -0.39 is 0 Å². The number of fused-ring (bicyclic) bond motifs is 6. The van der Waals surface area contributed by atoms with Gasteiger partial charge in [0.25, 0.3) is 0 Å². The Morgan fingerprint density at radius 2 is 1.40 bits per heavy atom. The van der Waals surface area contributed by atoms with Crippen LogP contribution in [-0.2, 0) is 0 Å². The van der Waals surface area contributed by atoms with Crippen LogP contribution in [0.2, 0.25) is 0 Å². The quantitative estimate of drug-likeness (QED) is 0.218. The Kier molecular flexibility index (Phi) is 5.95. The SMILES string of the molecule is C1=CC(C2=CNCC(c3ccc4c5ccc6cc(-c7cccc8ccccc78)ccc6c5n(-c5ccccc5)c4c3)=C2)=CCN1. The number of rotatable bonds is 4. The van der Waals surface area contributed by atoms with E-state index in [1.165, 1.54) is 82.4 Å². The van der Waals surface area contributed by atoms with E-state index in [0.29, 0.717) is 0 Å². The highest BCUT2D eigenvalue weighted by molar-refractivity contribution is 6.19. The molecule has 0 radical (unpaired) electrons. The van der Waals surface area contributed by atoms with Gasteiger partial charge in [0.1, 0.15) is 0 Å². The highest BCUT2D eigenvalue weighted by Crippen LogP contribution is 2.40. The molecule has 0 saturated carbocycles. The van der Waals surface area contributed by atoms with Gasteiger partial charge in [-0.15, -0.1) is 0 Å². The van der Waals surface area contributed by atoms with Crippen LogP contribution in [0, 0.1) is 0 Å². The molecule has 3 heteroatoms. The Morgan fingerprint density at radius 1 is 0.578 bits per heavy atom. The summed E-state index contributed by atoms with van der Waals surface area (Å²) in [5.41, 5.74) is 11.1. The van der Waals surface area contributed by atoms with Crippen LogP contribution in [0.4, 0.5) is 0 Å². The first-order chi connectivity index (χ1) is 22.3. The number of nitrogens with zero attached hydrogens (tertiary/aromatic N) is 1. The lowest BCUT2D eigenvalue weighted by Crippen LogP contribution is -2.16. The van der Waals surface area contributed by atoms with Crippen molar-refractivity contribution in [3.05, 3.63) is 169 Å². The third-order valence-corrected chi connectivity index (χ3v) is 9.26. The highest BCUT2D eigenvalue weighted by Gasteiger charge is 2.18. The molecule has 1 aromatic heterocycles. The van der Waals surface area contributed by atoms with Gasteiger partial charge in [-0.2, -0.15) is 0 Å². The maximum atomic E-state index is 3.52. The predicted octanol–water partition coefficient (Wildman–Crippen LogP) is 9.67. The van der Waals surface area contributed by atoms with Crippen LogP contribution in [0.1, 0.15) is 5.56 Å². The molecule has 0 bridgehead atoms. The minimum absolute atomic E-state index is 0.801. The zero-order valence-electron chi connectivity index (χ0n) is 24.8. The number of nitrogens with one attached hydrogen (secondary N) is 2. The van der Waals surface area contributed by atoms with Crippen molar-refractivity contribution < 1.29 is 0 Å². The summed E-state index contributed by atoms with van der Waals surface area (Å²) in [5, 5.41) is 14.4. The molecular weight excluding hydrogens is 546 g/mol. The molecule has 2 aliphatic rings. The van der Waals surface area contributed by atoms with Gasteiger partial charge in [0.05, 0.1) is 11.0 Å². The molecular formula is C42H31N3. The van der Waals surface area contributed by atoms with Crippen LogP contribution < -0.4 is 10.6 Å². The van der Waals surface area contributed by atoms with Crippen molar-refractivity contribution in [3.8, 4) is 16.8 Å². The summed E-state index contributed by atoms with van der Waals surface area (Å²) in [6.45, 7) is 1.66. The van der Waals surface area contributed by atoms with Crippen LogP contribution in [0.3, 0.4) is 0 Å². The van der Waals surface area contributed by atoms with E-state index in [0.717, 1.165) is 13.1 Å². The van der Waals surface area contributed by atoms with Gasteiger partial charge >= 0.3 is 0 Å². The monoisotopic (exact) mass is 577 g/mol. The summed E-state index contributed by atoms with van der Waals surface area (Å²) in [7, 11) is 0. The summed E-state index contributed by atoms with van der Waals surface area (Å²) in [6, 6.07) is 44.5. The van der Waals surface area contributed by atoms with Crippen molar-refractivity contribution in [1.82, 2.24) is 15.2 Å². The largest absolute Gasteiger partial charge is 0.387 e. The molecule has 2 N–H and O–H groups in total. The summed E-state index contributed by atoms with van der Waals surface area (Å²) in [6.07, 6.45) is 10.9. The molecule has 214 valence electrons. The maximum Gasteiger partial charge on any atom is 0.0619 e. The first-order valence-electron chi connectivity index (χ1n) is 15.6. The minimum Gasteiger partial charge on any atom is -0.387 e. The van der Waals surface area contributed by atoms with Gasteiger partial charge in [-0.1, -0.05) is 103 Å². The van der Waals surface area contributed by atoms with Crippen LogP contribution in [-0.4, -0.2) is 17.7 Å². The molecule has 0 saturated heterocycles. The van der Waals surface area contributed by atoms with Crippen molar-refractivity contribution in [2.45, 2.75) is 0 Å². The van der Waals surface area contributed by atoms with Gasteiger partial charge in [-0.25, -0.2) is 0 Å². The Morgan fingerprint density at radius 3 is 2.31 bits per heavy atom. The molecule has 0 aliphatic carbocycles. The number of hydrogen-bond acceptors (Lipinski definition) is 2. The highest BCUT2D eigenvalue weighted by atomic mass is 15.0. The van der Waals surface area contributed by atoms with Gasteiger partial charge in [0.15, 0.2) is 0 Å². The zero-order valence-corrected chi connectivity index (χ0v) is 24.8. The number of benzene rings is 6. The second kappa shape index (κ2) is 10.4. The van der Waals surface area contributed by atoms with Crippen molar-refractivity contribution >= 4 is 48.9 Å². The number of allylic oxidation sites excluding steroid dienone is 4. The Bertz CT molecular complexity index is 2410. The van der Waals surface area contributed by atoms with Crippen molar-refractivity contribution in [1.29, 1.82) is 0 Å². The topological polar surface area (TPSA) is 29.0 Å². The Labute approximate surface area is 262 Å². The fourth-order valence-corrected chi connectivity index (χ4v) is 7.10. The van der Waals surface area contributed by atoms with E-state index in [9.17, 15) is 0 Å². The van der Waals surface area contributed by atoms with E-state index in [1.54, 1.807) is 0 Å². The second-order valence-electron chi connectivity index (χ2n) is 11.9. The minimum atomic E-state index is 0.801. The van der Waals surface area contributed by atoms with Gasteiger partial charge in [0.2, 0.25) is 0 Å². The first-order valence-corrected chi connectivity index (χ1v) is 15.6. The molecule has 2 aliphatic heterocycles. The summed E-state index contributed by atoms with van der Waals surface area (Å²) < 4.78 is 2.46.